The van der Waals surface area contributed by atoms with Crippen molar-refractivity contribution in [1.29, 1.82) is 0 Å². The maximum Gasteiger partial charge on any atom is 0.433 e. The molecule has 0 saturated heterocycles. The van der Waals surface area contributed by atoms with E-state index >= 15 is 0 Å². The summed E-state index contributed by atoms with van der Waals surface area (Å²) in [5, 5.41) is 22.4. The standard InChI is InChI=1S/C20H17F3N10O2S/c1-31-19(26-28-30-31)33(17(34)12-6-4-3-5-7-12)18(35)13-8-9-15(20(21,22)23)24-14(13)10-36-11-16-25-29-32(2)27-16/h3-9H,10-11H2,1-2H3. The molecule has 0 fully saturated rings. The molecule has 0 aliphatic rings. The van der Waals surface area contributed by atoms with Gasteiger partial charge in [0.1, 0.15) is 5.69 Å². The van der Waals surface area contributed by atoms with Crippen LogP contribution in [0.5, 0.6) is 0 Å². The second-order valence-corrected chi connectivity index (χ2v) is 8.28. The molecule has 0 aliphatic heterocycles. The second-order valence-electron chi connectivity index (χ2n) is 7.29. The van der Waals surface area contributed by atoms with E-state index in [1.165, 1.54) is 24.0 Å². The Morgan fingerprint density at radius 1 is 0.972 bits per heavy atom. The first-order valence-electron chi connectivity index (χ1n) is 10.2. The number of anilines is 1. The van der Waals surface area contributed by atoms with Crippen molar-refractivity contribution >= 4 is 29.5 Å². The molecule has 3 aromatic heterocycles. The lowest BCUT2D eigenvalue weighted by Gasteiger charge is -2.20. The number of halogens is 3. The molecule has 36 heavy (non-hydrogen) atoms. The van der Waals surface area contributed by atoms with E-state index in [-0.39, 0.29) is 34.3 Å². The van der Waals surface area contributed by atoms with Gasteiger partial charge in [0, 0.05) is 18.4 Å². The van der Waals surface area contributed by atoms with Gasteiger partial charge in [-0.2, -0.15) is 18.0 Å². The van der Waals surface area contributed by atoms with Gasteiger partial charge in [0.2, 0.25) is 0 Å². The molecule has 0 aliphatic carbocycles. The normalized spacial score (nSPS) is 11.5. The number of rotatable bonds is 7. The first-order chi connectivity index (χ1) is 17.1. The van der Waals surface area contributed by atoms with Crippen molar-refractivity contribution in [3.63, 3.8) is 0 Å². The molecule has 3 heterocycles. The lowest BCUT2D eigenvalue weighted by atomic mass is 10.1. The maximum atomic E-state index is 13.7. The minimum atomic E-state index is -4.74. The summed E-state index contributed by atoms with van der Waals surface area (Å²) in [6.07, 6.45) is -4.74. The molecule has 0 bridgehead atoms. The minimum Gasteiger partial charge on any atom is -0.268 e. The van der Waals surface area contributed by atoms with Crippen molar-refractivity contribution in [2.45, 2.75) is 17.7 Å². The van der Waals surface area contributed by atoms with Crippen molar-refractivity contribution in [1.82, 2.24) is 45.4 Å². The van der Waals surface area contributed by atoms with Crippen LogP contribution in [0.1, 0.15) is 37.9 Å². The molecule has 0 unspecified atom stereocenters. The highest BCUT2D eigenvalue weighted by Crippen LogP contribution is 2.30. The molecular formula is C20H17F3N10O2S. The number of carbonyl (C=O) groups excluding carboxylic acids is 2. The van der Waals surface area contributed by atoms with Gasteiger partial charge in [-0.25, -0.2) is 14.6 Å². The van der Waals surface area contributed by atoms with Gasteiger partial charge in [0.05, 0.1) is 24.1 Å². The van der Waals surface area contributed by atoms with Crippen molar-refractivity contribution in [2.24, 2.45) is 14.1 Å². The van der Waals surface area contributed by atoms with Crippen LogP contribution in [0.25, 0.3) is 0 Å². The van der Waals surface area contributed by atoms with Crippen LogP contribution in [0.3, 0.4) is 0 Å². The Labute approximate surface area is 205 Å². The third-order valence-electron chi connectivity index (χ3n) is 4.74. The average molecular weight is 518 g/mol. The molecule has 1 aromatic carbocycles. The second kappa shape index (κ2) is 10.2. The number of hydrogen-bond acceptors (Lipinski definition) is 10. The number of tetrazole rings is 2. The highest BCUT2D eigenvalue weighted by atomic mass is 32.2. The van der Waals surface area contributed by atoms with Crippen molar-refractivity contribution < 1.29 is 22.8 Å². The summed E-state index contributed by atoms with van der Waals surface area (Å²) >= 11 is 1.13. The van der Waals surface area contributed by atoms with E-state index in [9.17, 15) is 22.8 Å². The fourth-order valence-corrected chi connectivity index (χ4v) is 3.92. The topological polar surface area (TPSA) is 137 Å². The Morgan fingerprint density at radius 3 is 2.33 bits per heavy atom. The number of carbonyl (C=O) groups is 2. The van der Waals surface area contributed by atoms with Gasteiger partial charge >= 0.3 is 6.18 Å². The smallest absolute Gasteiger partial charge is 0.268 e. The van der Waals surface area contributed by atoms with Crippen LogP contribution in [0, 0.1) is 0 Å². The van der Waals surface area contributed by atoms with E-state index in [0.717, 1.165) is 22.5 Å². The molecule has 0 atom stereocenters. The van der Waals surface area contributed by atoms with Gasteiger partial charge in [-0.3, -0.25) is 9.59 Å². The fourth-order valence-electron chi connectivity index (χ4n) is 3.10. The van der Waals surface area contributed by atoms with Gasteiger partial charge in [-0.05, 0) is 39.9 Å². The van der Waals surface area contributed by atoms with Crippen LogP contribution in [-0.2, 0) is 31.8 Å². The first kappa shape index (κ1) is 24.9. The van der Waals surface area contributed by atoms with Gasteiger partial charge < -0.3 is 0 Å². The molecule has 0 N–H and O–H groups in total. The molecular weight excluding hydrogens is 501 g/mol. The van der Waals surface area contributed by atoms with Crippen LogP contribution in [0.15, 0.2) is 42.5 Å². The SMILES string of the molecule is Cn1nnc(CSCc2nc(C(F)(F)F)ccc2C(=O)N(C(=O)c2ccccc2)c2nnnn2C)n1. The number of pyridine rings is 1. The molecule has 0 spiro atoms. The van der Waals surface area contributed by atoms with Crippen molar-refractivity contribution in [3.8, 4) is 0 Å². The summed E-state index contributed by atoms with van der Waals surface area (Å²) in [4.78, 5) is 32.6. The number of amides is 2. The molecule has 186 valence electrons. The zero-order chi connectivity index (χ0) is 25.9. The molecule has 16 heteroatoms. The van der Waals surface area contributed by atoms with E-state index < -0.39 is 23.7 Å². The summed E-state index contributed by atoms with van der Waals surface area (Å²) in [6, 6.07) is 9.55. The van der Waals surface area contributed by atoms with Crippen molar-refractivity contribution in [3.05, 3.63) is 70.8 Å². The number of imide groups is 1. The number of thioether (sulfide) groups is 1. The van der Waals surface area contributed by atoms with E-state index in [1.54, 1.807) is 25.2 Å². The van der Waals surface area contributed by atoms with Gasteiger partial charge in [0.25, 0.3) is 17.8 Å². The molecule has 0 saturated carbocycles. The van der Waals surface area contributed by atoms with E-state index in [0.29, 0.717) is 16.8 Å². The lowest BCUT2D eigenvalue weighted by Crippen LogP contribution is -2.39. The van der Waals surface area contributed by atoms with Gasteiger partial charge in [0.15, 0.2) is 5.82 Å². The Kier molecular flexibility index (Phi) is 7.05. The van der Waals surface area contributed by atoms with Crippen molar-refractivity contribution in [2.75, 3.05) is 4.90 Å². The monoisotopic (exact) mass is 518 g/mol. The number of alkyl halides is 3. The number of aryl methyl sites for hydroxylation is 2. The number of aromatic nitrogens is 9. The molecule has 0 radical (unpaired) electrons. The number of nitrogens with zero attached hydrogens (tertiary/aromatic N) is 10. The Morgan fingerprint density at radius 2 is 1.72 bits per heavy atom. The molecule has 4 aromatic rings. The first-order valence-corrected chi connectivity index (χ1v) is 11.3. The van der Waals surface area contributed by atoms with E-state index in [4.69, 9.17) is 0 Å². The van der Waals surface area contributed by atoms with E-state index in [2.05, 4.69) is 35.9 Å². The lowest BCUT2D eigenvalue weighted by molar-refractivity contribution is -0.141. The zero-order valence-electron chi connectivity index (χ0n) is 18.8. The predicted molar refractivity (Wildman–Crippen MR) is 119 cm³/mol. The predicted octanol–water partition coefficient (Wildman–Crippen LogP) is 2.07. The zero-order valence-corrected chi connectivity index (χ0v) is 19.6. The summed E-state index contributed by atoms with van der Waals surface area (Å²) in [7, 11) is 3.00. The third-order valence-corrected chi connectivity index (χ3v) is 5.68. The Balaban J connectivity index is 1.72. The van der Waals surface area contributed by atoms with E-state index in [1.807, 2.05) is 0 Å². The van der Waals surface area contributed by atoms with Gasteiger partial charge in [-0.15, -0.1) is 22.0 Å². The quantitative estimate of drug-likeness (QED) is 0.334. The largest absolute Gasteiger partial charge is 0.433 e. The number of hydrogen-bond donors (Lipinski definition) is 0. The highest BCUT2D eigenvalue weighted by molar-refractivity contribution is 7.97. The summed E-state index contributed by atoms with van der Waals surface area (Å²) in [5.74, 6) is -1.45. The summed E-state index contributed by atoms with van der Waals surface area (Å²) in [5.41, 5.74) is -1.41. The summed E-state index contributed by atoms with van der Waals surface area (Å²) < 4.78 is 41.3. The Bertz CT molecular complexity index is 1390. The van der Waals surface area contributed by atoms with Crippen LogP contribution in [0.4, 0.5) is 19.1 Å². The average Bonchev–Trinajstić information content (AvgIpc) is 3.46. The molecule has 2 amide bonds. The Hall–Kier alpha value is -4.21. The number of benzene rings is 1. The minimum absolute atomic E-state index is 0.103. The molecule has 4 rings (SSSR count). The molecule has 12 nitrogen and oxygen atoms in total. The summed E-state index contributed by atoms with van der Waals surface area (Å²) in [6.45, 7) is 0. The maximum absolute atomic E-state index is 13.7. The van der Waals surface area contributed by atoms with Crippen LogP contribution in [-0.4, -0.2) is 57.2 Å². The van der Waals surface area contributed by atoms with Crippen LogP contribution < -0.4 is 4.90 Å². The third kappa shape index (κ3) is 5.37. The van der Waals surface area contributed by atoms with Gasteiger partial charge in [-0.1, -0.05) is 23.3 Å². The fraction of sp³-hybridized carbons (Fsp3) is 0.250. The van der Waals surface area contributed by atoms with Crippen LogP contribution in [0.2, 0.25) is 0 Å². The van der Waals surface area contributed by atoms with Crippen LogP contribution >= 0.6 is 11.8 Å². The highest BCUT2D eigenvalue weighted by Gasteiger charge is 2.36.